The zero-order valence-electron chi connectivity index (χ0n) is 11.1. The number of rotatable bonds is 5. The highest BCUT2D eigenvalue weighted by Gasteiger charge is 2.25. The molecule has 1 aromatic carbocycles. The third-order valence-corrected chi connectivity index (χ3v) is 5.09. The first-order chi connectivity index (χ1) is 8.22. The molecule has 2 heteroatoms. The average molecular weight is 249 g/mol. The van der Waals surface area contributed by atoms with Crippen molar-refractivity contribution in [1.29, 1.82) is 0 Å². The van der Waals surface area contributed by atoms with Crippen molar-refractivity contribution in [3.05, 3.63) is 29.8 Å². The highest BCUT2D eigenvalue weighted by atomic mass is 32.2. The van der Waals surface area contributed by atoms with Crippen LogP contribution in [0.5, 0.6) is 0 Å². The van der Waals surface area contributed by atoms with Crippen molar-refractivity contribution in [2.75, 3.05) is 12.3 Å². The predicted octanol–water partition coefficient (Wildman–Crippen LogP) is 3.90. The Hall–Kier alpha value is -0.470. The molecule has 1 aliphatic rings. The van der Waals surface area contributed by atoms with Gasteiger partial charge in [-0.25, -0.2) is 0 Å². The molecule has 1 aromatic rings. The number of nitrogens with one attached hydrogen (secondary N) is 1. The lowest BCUT2D eigenvalue weighted by Gasteiger charge is -2.23. The van der Waals surface area contributed by atoms with Crippen LogP contribution in [0.15, 0.2) is 29.2 Å². The van der Waals surface area contributed by atoms with Crippen molar-refractivity contribution in [2.45, 2.75) is 44.0 Å². The van der Waals surface area contributed by atoms with Crippen molar-refractivity contribution in [3.63, 3.8) is 0 Å². The topological polar surface area (TPSA) is 12.0 Å². The lowest BCUT2D eigenvalue weighted by atomic mass is 9.88. The largest absolute Gasteiger partial charge is 0.314 e. The monoisotopic (exact) mass is 249 g/mol. The van der Waals surface area contributed by atoms with E-state index >= 15 is 0 Å². The van der Waals surface area contributed by atoms with E-state index in [2.05, 4.69) is 50.4 Å². The Morgan fingerprint density at radius 1 is 1.35 bits per heavy atom. The fourth-order valence-corrected chi connectivity index (χ4v) is 3.87. The summed E-state index contributed by atoms with van der Waals surface area (Å²) in [6.45, 7) is 7.94. The quantitative estimate of drug-likeness (QED) is 0.849. The van der Waals surface area contributed by atoms with Crippen LogP contribution in [-0.4, -0.2) is 18.3 Å². The lowest BCUT2D eigenvalue weighted by Crippen LogP contribution is -2.32. The van der Waals surface area contributed by atoms with Crippen LogP contribution in [0.25, 0.3) is 0 Å². The molecule has 2 rings (SSSR count). The number of thioether (sulfide) groups is 1. The van der Waals surface area contributed by atoms with Crippen LogP contribution in [0.4, 0.5) is 0 Å². The summed E-state index contributed by atoms with van der Waals surface area (Å²) in [6, 6.07) is 9.52. The van der Waals surface area contributed by atoms with Gasteiger partial charge in [-0.15, -0.1) is 11.8 Å². The molecule has 3 atom stereocenters. The van der Waals surface area contributed by atoms with Gasteiger partial charge in [-0.05, 0) is 43.4 Å². The van der Waals surface area contributed by atoms with Gasteiger partial charge in [0.15, 0.2) is 0 Å². The maximum Gasteiger partial charge on any atom is 0.0107 e. The lowest BCUT2D eigenvalue weighted by molar-refractivity contribution is 0.368. The summed E-state index contributed by atoms with van der Waals surface area (Å²) >= 11 is 2.02. The summed E-state index contributed by atoms with van der Waals surface area (Å²) in [6.07, 6.45) is 1.30. The summed E-state index contributed by atoms with van der Waals surface area (Å²) in [4.78, 5) is 1.50. The van der Waals surface area contributed by atoms with Gasteiger partial charge in [-0.1, -0.05) is 32.0 Å². The Labute approximate surface area is 109 Å². The maximum absolute atomic E-state index is 3.54. The van der Waals surface area contributed by atoms with Gasteiger partial charge >= 0.3 is 0 Å². The van der Waals surface area contributed by atoms with E-state index in [4.69, 9.17) is 0 Å². The molecule has 1 heterocycles. The van der Waals surface area contributed by atoms with Crippen molar-refractivity contribution in [3.8, 4) is 0 Å². The van der Waals surface area contributed by atoms with Gasteiger partial charge in [0, 0.05) is 16.7 Å². The number of fused-ring (bicyclic) bond motifs is 1. The molecule has 94 valence electrons. The molecule has 0 spiro atoms. The highest BCUT2D eigenvalue weighted by molar-refractivity contribution is 7.99. The second-order valence-electron chi connectivity index (χ2n) is 5.11. The molecule has 0 amide bonds. The molecule has 1 aliphatic heterocycles. The van der Waals surface area contributed by atoms with Crippen molar-refractivity contribution < 1.29 is 0 Å². The second-order valence-corrected chi connectivity index (χ2v) is 6.17. The molecule has 0 fully saturated rings. The van der Waals surface area contributed by atoms with Gasteiger partial charge < -0.3 is 5.32 Å². The van der Waals surface area contributed by atoms with Gasteiger partial charge in [0.1, 0.15) is 0 Å². The minimum atomic E-state index is 0.623. The fraction of sp³-hybridized carbons (Fsp3) is 0.600. The van der Waals surface area contributed by atoms with Gasteiger partial charge in [0.05, 0.1) is 0 Å². The molecule has 0 bridgehead atoms. The second kappa shape index (κ2) is 5.92. The fourth-order valence-electron chi connectivity index (χ4n) is 2.60. The van der Waals surface area contributed by atoms with Crippen molar-refractivity contribution in [2.24, 2.45) is 5.92 Å². The van der Waals surface area contributed by atoms with E-state index in [1.54, 1.807) is 5.56 Å². The third kappa shape index (κ3) is 3.05. The summed E-state index contributed by atoms with van der Waals surface area (Å²) in [5, 5.41) is 3.54. The normalized spacial score (nSPS) is 22.2. The summed E-state index contributed by atoms with van der Waals surface area (Å²) in [5.74, 6) is 2.77. The minimum Gasteiger partial charge on any atom is -0.314 e. The Morgan fingerprint density at radius 2 is 2.12 bits per heavy atom. The molecule has 0 saturated heterocycles. The summed E-state index contributed by atoms with van der Waals surface area (Å²) in [5.41, 5.74) is 1.58. The Bertz CT molecular complexity index is 364. The molecule has 17 heavy (non-hydrogen) atoms. The maximum atomic E-state index is 3.54. The van der Waals surface area contributed by atoms with E-state index in [1.165, 1.54) is 17.1 Å². The molecule has 0 aliphatic carbocycles. The van der Waals surface area contributed by atoms with Crippen LogP contribution in [0.1, 0.15) is 38.7 Å². The van der Waals surface area contributed by atoms with Crippen molar-refractivity contribution in [1.82, 2.24) is 5.32 Å². The summed E-state index contributed by atoms with van der Waals surface area (Å²) < 4.78 is 0. The Morgan fingerprint density at radius 3 is 2.88 bits per heavy atom. The highest BCUT2D eigenvalue weighted by Crippen LogP contribution is 2.42. The van der Waals surface area contributed by atoms with E-state index in [0.717, 1.165) is 18.4 Å². The van der Waals surface area contributed by atoms with Gasteiger partial charge in [0.25, 0.3) is 0 Å². The van der Waals surface area contributed by atoms with E-state index in [9.17, 15) is 0 Å². The molecule has 1 N–H and O–H groups in total. The molecule has 1 nitrogen and oxygen atoms in total. The van der Waals surface area contributed by atoms with E-state index in [-0.39, 0.29) is 0 Å². The van der Waals surface area contributed by atoms with Gasteiger partial charge in [-0.2, -0.15) is 0 Å². The van der Waals surface area contributed by atoms with E-state index < -0.39 is 0 Å². The molecular weight excluding hydrogens is 226 g/mol. The Kier molecular flexibility index (Phi) is 4.52. The first kappa shape index (κ1) is 13.0. The Balaban J connectivity index is 1.97. The zero-order chi connectivity index (χ0) is 12.3. The first-order valence-electron chi connectivity index (χ1n) is 6.67. The molecule has 3 unspecified atom stereocenters. The van der Waals surface area contributed by atoms with Gasteiger partial charge in [-0.3, -0.25) is 0 Å². The zero-order valence-corrected chi connectivity index (χ0v) is 11.9. The predicted molar refractivity (Wildman–Crippen MR) is 76.8 cm³/mol. The van der Waals surface area contributed by atoms with E-state index in [0.29, 0.717) is 6.04 Å². The first-order valence-corrected chi connectivity index (χ1v) is 7.66. The third-order valence-electron chi connectivity index (χ3n) is 3.83. The molecule has 0 saturated carbocycles. The average Bonchev–Trinajstić information content (AvgIpc) is 2.73. The molecular formula is C15H23NS. The van der Waals surface area contributed by atoms with Crippen LogP contribution in [-0.2, 0) is 0 Å². The number of hydrogen-bond acceptors (Lipinski definition) is 2. The number of hydrogen-bond donors (Lipinski definition) is 1. The van der Waals surface area contributed by atoms with Gasteiger partial charge in [0.2, 0.25) is 0 Å². The van der Waals surface area contributed by atoms with Crippen LogP contribution in [0, 0.1) is 5.92 Å². The van der Waals surface area contributed by atoms with E-state index in [1.807, 2.05) is 11.8 Å². The van der Waals surface area contributed by atoms with Crippen LogP contribution < -0.4 is 5.32 Å². The smallest absolute Gasteiger partial charge is 0.0107 e. The van der Waals surface area contributed by atoms with Crippen molar-refractivity contribution >= 4 is 11.8 Å². The minimum absolute atomic E-state index is 0.623. The standard InChI is InChI=1S/C15H23NS/c1-4-16-12(3)11(2)9-13-10-17-15-8-6-5-7-14(13)15/h5-8,11-13,16H,4,9-10H2,1-3H3. The molecule has 0 aromatic heterocycles. The van der Waals surface area contributed by atoms with Crippen LogP contribution in [0.2, 0.25) is 0 Å². The molecule has 0 radical (unpaired) electrons. The number of benzene rings is 1. The summed E-state index contributed by atoms with van der Waals surface area (Å²) in [7, 11) is 0. The van der Waals surface area contributed by atoms with Crippen LogP contribution in [0.3, 0.4) is 0 Å². The SMILES string of the molecule is CCNC(C)C(C)CC1CSc2ccccc21. The van der Waals surface area contributed by atoms with Crippen LogP contribution >= 0.6 is 11.8 Å².